The number of carbonyl (C=O) groups is 2. The molecule has 154 valence electrons. The largest absolute Gasteiger partial charge is 0.478 e. The van der Waals surface area contributed by atoms with Crippen molar-refractivity contribution in [3.8, 4) is 11.1 Å². The Morgan fingerprint density at radius 2 is 1.71 bits per heavy atom. The number of azide groups is 1. The number of anilines is 1. The van der Waals surface area contributed by atoms with E-state index in [0.29, 0.717) is 5.56 Å². The van der Waals surface area contributed by atoms with E-state index in [0.717, 1.165) is 22.3 Å². The summed E-state index contributed by atoms with van der Waals surface area (Å²) in [7, 11) is 0. The second-order valence-electron chi connectivity index (χ2n) is 7.11. The van der Waals surface area contributed by atoms with Gasteiger partial charge in [-0.05, 0) is 52.4 Å². The Labute approximate surface area is 177 Å². The molecule has 0 aromatic heterocycles. The fraction of sp³-hybridized carbons (Fsp3) is 0.130. The van der Waals surface area contributed by atoms with Crippen LogP contribution in [0.4, 0.5) is 16.2 Å². The first-order chi connectivity index (χ1) is 15.0. The number of aromatic carboxylic acids is 1. The van der Waals surface area contributed by atoms with Crippen molar-refractivity contribution >= 4 is 23.4 Å². The van der Waals surface area contributed by atoms with Crippen LogP contribution in [-0.2, 0) is 4.74 Å². The zero-order valence-electron chi connectivity index (χ0n) is 16.6. The van der Waals surface area contributed by atoms with Crippen molar-refractivity contribution in [3.63, 3.8) is 0 Å². The number of hydrogen-bond donors (Lipinski definition) is 2. The van der Waals surface area contributed by atoms with Gasteiger partial charge in [0.1, 0.15) is 6.61 Å². The molecule has 3 aromatic carbocycles. The van der Waals surface area contributed by atoms with Crippen LogP contribution in [0.25, 0.3) is 21.6 Å². The highest BCUT2D eigenvalue weighted by molar-refractivity contribution is 5.94. The fourth-order valence-corrected chi connectivity index (χ4v) is 3.85. The molecule has 0 atom stereocenters. The Kier molecular flexibility index (Phi) is 5.30. The summed E-state index contributed by atoms with van der Waals surface area (Å²) >= 11 is 0. The highest BCUT2D eigenvalue weighted by atomic mass is 16.5. The number of amides is 1. The van der Waals surface area contributed by atoms with Gasteiger partial charge in [0.2, 0.25) is 0 Å². The second kappa shape index (κ2) is 8.22. The van der Waals surface area contributed by atoms with Crippen LogP contribution in [-0.4, -0.2) is 23.8 Å². The number of nitrogens with one attached hydrogen (secondary N) is 1. The van der Waals surface area contributed by atoms with E-state index < -0.39 is 12.1 Å². The second-order valence-corrected chi connectivity index (χ2v) is 7.11. The van der Waals surface area contributed by atoms with Gasteiger partial charge in [-0.3, -0.25) is 5.32 Å². The molecule has 4 rings (SSSR count). The molecule has 0 saturated carbocycles. The van der Waals surface area contributed by atoms with Crippen LogP contribution < -0.4 is 5.32 Å². The smallest absolute Gasteiger partial charge is 0.411 e. The Morgan fingerprint density at radius 3 is 2.29 bits per heavy atom. The lowest BCUT2D eigenvalue weighted by molar-refractivity contribution is 0.0696. The van der Waals surface area contributed by atoms with E-state index in [-0.39, 0.29) is 29.5 Å². The molecule has 1 aliphatic rings. The van der Waals surface area contributed by atoms with Crippen molar-refractivity contribution < 1.29 is 19.4 Å². The number of benzene rings is 3. The van der Waals surface area contributed by atoms with E-state index in [9.17, 15) is 14.7 Å². The van der Waals surface area contributed by atoms with Crippen molar-refractivity contribution in [1.82, 2.24) is 0 Å². The monoisotopic (exact) mass is 414 g/mol. The molecule has 0 aliphatic heterocycles. The first-order valence-electron chi connectivity index (χ1n) is 9.54. The van der Waals surface area contributed by atoms with Crippen LogP contribution in [0.3, 0.4) is 0 Å². The summed E-state index contributed by atoms with van der Waals surface area (Å²) in [4.78, 5) is 26.6. The average molecular weight is 414 g/mol. The predicted octanol–water partition coefficient (Wildman–Crippen LogP) is 6.00. The highest BCUT2D eigenvalue weighted by Crippen LogP contribution is 2.44. The molecule has 31 heavy (non-hydrogen) atoms. The van der Waals surface area contributed by atoms with Gasteiger partial charge in [-0.15, -0.1) is 0 Å². The minimum Gasteiger partial charge on any atom is -0.478 e. The van der Waals surface area contributed by atoms with Gasteiger partial charge in [-0.25, -0.2) is 9.59 Å². The van der Waals surface area contributed by atoms with E-state index >= 15 is 0 Å². The number of carbonyl (C=O) groups excluding carboxylic acids is 1. The third-order valence-corrected chi connectivity index (χ3v) is 5.36. The number of fused-ring (bicyclic) bond motifs is 3. The molecule has 2 N–H and O–H groups in total. The number of rotatable bonds is 5. The Bertz CT molecular complexity index is 1200. The van der Waals surface area contributed by atoms with Gasteiger partial charge in [0.05, 0.1) is 5.56 Å². The SMILES string of the molecule is Cc1c(N=[N+]=[N-])cc(C(=O)O)cc1NC(=O)OCC1c2ccccc2-c2ccccc21. The average Bonchev–Trinajstić information content (AvgIpc) is 3.09. The van der Waals surface area contributed by atoms with Crippen molar-refractivity contribution in [2.24, 2.45) is 5.11 Å². The summed E-state index contributed by atoms with van der Waals surface area (Å²) in [6.07, 6.45) is -0.723. The molecule has 8 nitrogen and oxygen atoms in total. The highest BCUT2D eigenvalue weighted by Gasteiger charge is 2.29. The van der Waals surface area contributed by atoms with Gasteiger partial charge in [0, 0.05) is 22.2 Å². The maximum Gasteiger partial charge on any atom is 0.411 e. The van der Waals surface area contributed by atoms with E-state index in [1.807, 2.05) is 48.5 Å². The van der Waals surface area contributed by atoms with Crippen molar-refractivity contribution in [2.45, 2.75) is 12.8 Å². The minimum atomic E-state index is -1.20. The van der Waals surface area contributed by atoms with Crippen LogP contribution >= 0.6 is 0 Å². The number of hydrogen-bond acceptors (Lipinski definition) is 4. The molecule has 1 amide bonds. The molecule has 0 bridgehead atoms. The first-order valence-corrected chi connectivity index (χ1v) is 9.54. The van der Waals surface area contributed by atoms with E-state index in [1.165, 1.54) is 12.1 Å². The van der Waals surface area contributed by atoms with Gasteiger partial charge in [0.15, 0.2) is 0 Å². The molecule has 0 spiro atoms. The van der Waals surface area contributed by atoms with Crippen LogP contribution in [0, 0.1) is 6.92 Å². The van der Waals surface area contributed by atoms with Crippen LogP contribution in [0.5, 0.6) is 0 Å². The summed E-state index contributed by atoms with van der Waals surface area (Å²) in [5, 5.41) is 15.4. The molecular weight excluding hydrogens is 396 g/mol. The lowest BCUT2D eigenvalue weighted by Crippen LogP contribution is -2.18. The van der Waals surface area contributed by atoms with Gasteiger partial charge in [-0.2, -0.15) is 0 Å². The Hall–Kier alpha value is -4.29. The van der Waals surface area contributed by atoms with Crippen LogP contribution in [0.1, 0.15) is 33.0 Å². The van der Waals surface area contributed by atoms with Crippen LogP contribution in [0.15, 0.2) is 65.8 Å². The molecule has 0 saturated heterocycles. The molecule has 3 aromatic rings. The number of carboxylic acids is 1. The lowest BCUT2D eigenvalue weighted by Gasteiger charge is -2.16. The lowest BCUT2D eigenvalue weighted by atomic mass is 9.98. The normalized spacial score (nSPS) is 11.8. The molecule has 0 unspecified atom stereocenters. The summed E-state index contributed by atoms with van der Waals surface area (Å²) in [5.41, 5.74) is 13.8. The van der Waals surface area contributed by atoms with Crippen molar-refractivity contribution in [3.05, 3.63) is 93.4 Å². The van der Waals surface area contributed by atoms with E-state index in [2.05, 4.69) is 15.3 Å². The first kappa shape index (κ1) is 20.0. The van der Waals surface area contributed by atoms with E-state index in [1.54, 1.807) is 6.92 Å². The summed E-state index contributed by atoms with van der Waals surface area (Å²) in [6.45, 7) is 1.75. The number of carboxylic acid groups (broad SMARTS) is 1. The zero-order chi connectivity index (χ0) is 22.0. The zero-order valence-corrected chi connectivity index (χ0v) is 16.6. The number of nitrogens with zero attached hydrogens (tertiary/aromatic N) is 3. The maximum atomic E-state index is 12.5. The number of ether oxygens (including phenoxy) is 1. The maximum absolute atomic E-state index is 12.5. The van der Waals surface area contributed by atoms with E-state index in [4.69, 9.17) is 10.3 Å². The molecule has 1 aliphatic carbocycles. The molecule has 0 fully saturated rings. The quantitative estimate of drug-likeness (QED) is 0.302. The molecule has 0 radical (unpaired) electrons. The summed E-state index contributed by atoms with van der Waals surface area (Å²) in [6, 6.07) is 18.6. The molecule has 0 heterocycles. The minimum absolute atomic E-state index is 0.0941. The Balaban J connectivity index is 1.54. The Morgan fingerprint density at radius 1 is 1.10 bits per heavy atom. The van der Waals surface area contributed by atoms with Gasteiger partial charge >= 0.3 is 12.1 Å². The van der Waals surface area contributed by atoms with Crippen molar-refractivity contribution in [1.29, 1.82) is 0 Å². The van der Waals surface area contributed by atoms with Gasteiger partial charge < -0.3 is 9.84 Å². The molecule has 8 heteroatoms. The third-order valence-electron chi connectivity index (χ3n) is 5.36. The topological polar surface area (TPSA) is 124 Å². The summed E-state index contributed by atoms with van der Waals surface area (Å²) in [5.74, 6) is -1.30. The standard InChI is InChI=1S/C23H18N4O4/c1-13-20(10-14(22(28)29)11-21(13)26-27-24)25-23(30)31-12-19-17-8-4-2-6-15(17)16-7-3-5-9-18(16)19/h2-11,19H,12H2,1H3,(H,25,30)(H,28,29). The molecular formula is C23H18N4O4. The summed E-state index contributed by atoms with van der Waals surface area (Å²) < 4.78 is 5.50. The van der Waals surface area contributed by atoms with Crippen LogP contribution in [0.2, 0.25) is 0 Å². The van der Waals surface area contributed by atoms with Gasteiger partial charge in [0.25, 0.3) is 0 Å². The van der Waals surface area contributed by atoms with Crippen molar-refractivity contribution in [2.75, 3.05) is 11.9 Å². The predicted molar refractivity (Wildman–Crippen MR) is 116 cm³/mol. The van der Waals surface area contributed by atoms with Gasteiger partial charge in [-0.1, -0.05) is 53.6 Å². The fourth-order valence-electron chi connectivity index (χ4n) is 3.85. The third kappa shape index (κ3) is 3.80.